The van der Waals surface area contributed by atoms with Crippen LogP contribution in [-0.4, -0.2) is 47.0 Å². The van der Waals surface area contributed by atoms with Crippen molar-refractivity contribution in [2.75, 3.05) is 5.75 Å². The first-order valence-electron chi connectivity index (χ1n) is 11.9. The highest BCUT2D eigenvalue weighted by atomic mass is 35.5. The Hall–Kier alpha value is -3.84. The van der Waals surface area contributed by atoms with Crippen molar-refractivity contribution in [3.8, 4) is 45.9 Å². The van der Waals surface area contributed by atoms with Crippen molar-refractivity contribution in [1.29, 1.82) is 0 Å². The maximum absolute atomic E-state index is 13.8. The molecule has 5 aromatic rings. The lowest BCUT2D eigenvalue weighted by atomic mass is 10.2. The number of aromatic nitrogens is 6. The van der Waals surface area contributed by atoms with Gasteiger partial charge in [-0.05, 0) is 30.0 Å². The molecule has 1 aromatic carbocycles. The van der Waals surface area contributed by atoms with E-state index in [1.54, 1.807) is 29.8 Å². The predicted octanol–water partition coefficient (Wildman–Crippen LogP) is 6.82. The molecule has 0 aliphatic carbocycles. The molecule has 0 radical (unpaired) electrons. The van der Waals surface area contributed by atoms with Crippen LogP contribution < -0.4 is 9.47 Å². The van der Waals surface area contributed by atoms with Crippen molar-refractivity contribution in [3.63, 3.8) is 0 Å². The van der Waals surface area contributed by atoms with Crippen molar-refractivity contribution in [2.45, 2.75) is 24.2 Å². The molecule has 0 N–H and O–H groups in total. The van der Waals surface area contributed by atoms with E-state index < -0.39 is 23.7 Å². The molecule has 0 saturated heterocycles. The third-order valence-electron chi connectivity index (χ3n) is 6.25. The average Bonchev–Trinajstić information content (AvgIpc) is 3.39. The van der Waals surface area contributed by atoms with Gasteiger partial charge in [0.05, 0.1) is 22.4 Å². The zero-order chi connectivity index (χ0) is 28.4. The summed E-state index contributed by atoms with van der Waals surface area (Å²) in [5.41, 5.74) is 2.90. The van der Waals surface area contributed by atoms with Gasteiger partial charge in [-0.3, -0.25) is 0 Å². The standard InChI is InChI=1S/C26H19ClF4N6O2S/c1-4-40-24-21(35-22(37(24)3)15-9-5-7-13(32-15)14-8-6-10-20(27)33-14)23-34-16-11-18-19(12-17(16)36(23)2)39-26(30,31)25(28,29)38-18/h5-12H,4H2,1-3H3. The minimum Gasteiger partial charge on any atom is -0.421 e. The summed E-state index contributed by atoms with van der Waals surface area (Å²) >= 11 is 7.59. The lowest BCUT2D eigenvalue weighted by Crippen LogP contribution is -2.52. The lowest BCUT2D eigenvalue weighted by Gasteiger charge is -2.31. The number of hydrogen-bond donors (Lipinski definition) is 0. The maximum atomic E-state index is 13.8. The highest BCUT2D eigenvalue weighted by molar-refractivity contribution is 7.99. The maximum Gasteiger partial charge on any atom is 0.507 e. The summed E-state index contributed by atoms with van der Waals surface area (Å²) in [6.45, 7) is 1.99. The van der Waals surface area contributed by atoms with Crippen molar-refractivity contribution in [1.82, 2.24) is 29.1 Å². The summed E-state index contributed by atoms with van der Waals surface area (Å²) in [6, 6.07) is 13.1. The van der Waals surface area contributed by atoms with E-state index in [1.807, 2.05) is 36.7 Å². The van der Waals surface area contributed by atoms with Crippen LogP contribution in [0.3, 0.4) is 0 Å². The molecule has 0 saturated carbocycles. The topological polar surface area (TPSA) is 79.9 Å². The van der Waals surface area contributed by atoms with Gasteiger partial charge in [-0.1, -0.05) is 30.7 Å². The number of halogens is 5. The zero-order valence-electron chi connectivity index (χ0n) is 21.1. The first-order chi connectivity index (χ1) is 19.0. The molecule has 0 amide bonds. The number of pyridine rings is 2. The van der Waals surface area contributed by atoms with Crippen molar-refractivity contribution in [3.05, 3.63) is 53.7 Å². The lowest BCUT2D eigenvalue weighted by molar-refractivity contribution is -0.391. The van der Waals surface area contributed by atoms with Crippen LogP contribution >= 0.6 is 23.4 Å². The normalized spacial score (nSPS) is 15.5. The van der Waals surface area contributed by atoms with Crippen LogP contribution in [0.15, 0.2) is 53.6 Å². The molecule has 40 heavy (non-hydrogen) atoms. The molecular formula is C26H19ClF4N6O2S. The Morgan fingerprint density at radius 2 is 1.43 bits per heavy atom. The third kappa shape index (κ3) is 4.24. The van der Waals surface area contributed by atoms with Gasteiger partial charge in [0, 0.05) is 26.2 Å². The molecule has 8 nitrogen and oxygen atoms in total. The molecule has 206 valence electrons. The monoisotopic (exact) mass is 590 g/mol. The number of thioether (sulfide) groups is 1. The number of benzene rings is 1. The Labute approximate surface area is 234 Å². The van der Waals surface area contributed by atoms with Gasteiger partial charge in [0.25, 0.3) is 0 Å². The molecule has 0 atom stereocenters. The third-order valence-corrected chi connectivity index (χ3v) is 7.49. The predicted molar refractivity (Wildman–Crippen MR) is 142 cm³/mol. The Morgan fingerprint density at radius 1 is 0.800 bits per heavy atom. The molecule has 0 fully saturated rings. The van der Waals surface area contributed by atoms with E-state index in [0.717, 1.165) is 16.8 Å². The zero-order valence-corrected chi connectivity index (χ0v) is 22.7. The summed E-state index contributed by atoms with van der Waals surface area (Å²) in [4.78, 5) is 18.6. The van der Waals surface area contributed by atoms with Gasteiger partial charge in [-0.25, -0.2) is 19.9 Å². The van der Waals surface area contributed by atoms with Gasteiger partial charge < -0.3 is 18.6 Å². The van der Waals surface area contributed by atoms with E-state index in [9.17, 15) is 17.6 Å². The number of aryl methyl sites for hydroxylation is 1. The number of ether oxygens (including phenoxy) is 2. The molecule has 1 aliphatic heterocycles. The van der Waals surface area contributed by atoms with E-state index >= 15 is 0 Å². The summed E-state index contributed by atoms with van der Waals surface area (Å²) in [7, 11) is 3.52. The molecule has 0 bridgehead atoms. The molecule has 4 aromatic heterocycles. The summed E-state index contributed by atoms with van der Waals surface area (Å²) in [5, 5.41) is 1.12. The number of fused-ring (bicyclic) bond motifs is 2. The fourth-order valence-corrected chi connectivity index (χ4v) is 5.37. The number of rotatable bonds is 5. The van der Waals surface area contributed by atoms with E-state index in [-0.39, 0.29) is 5.52 Å². The van der Waals surface area contributed by atoms with Crippen LogP contribution in [-0.2, 0) is 14.1 Å². The van der Waals surface area contributed by atoms with Crippen LogP contribution in [0.1, 0.15) is 6.92 Å². The number of nitrogens with zero attached hydrogens (tertiary/aromatic N) is 6. The largest absolute Gasteiger partial charge is 0.507 e. The van der Waals surface area contributed by atoms with Gasteiger partial charge in [0.2, 0.25) is 0 Å². The van der Waals surface area contributed by atoms with Crippen molar-refractivity contribution >= 4 is 34.4 Å². The second-order valence-corrected chi connectivity index (χ2v) is 10.5. The molecular weight excluding hydrogens is 572 g/mol. The van der Waals surface area contributed by atoms with Crippen LogP contribution in [0.5, 0.6) is 11.5 Å². The summed E-state index contributed by atoms with van der Waals surface area (Å²) in [6.07, 6.45) is -9.65. The second kappa shape index (κ2) is 9.37. The molecule has 6 rings (SSSR count). The van der Waals surface area contributed by atoms with Crippen LogP contribution in [0.2, 0.25) is 5.15 Å². The highest BCUT2D eigenvalue weighted by Crippen LogP contribution is 2.48. The van der Waals surface area contributed by atoms with E-state index in [2.05, 4.69) is 19.4 Å². The number of alkyl halides is 4. The van der Waals surface area contributed by atoms with Crippen molar-refractivity contribution < 1.29 is 27.0 Å². The van der Waals surface area contributed by atoms with Crippen LogP contribution in [0.4, 0.5) is 17.6 Å². The highest BCUT2D eigenvalue weighted by Gasteiger charge is 2.66. The number of imidazole rings is 2. The van der Waals surface area contributed by atoms with Crippen LogP contribution in [0.25, 0.3) is 45.5 Å². The van der Waals surface area contributed by atoms with Crippen LogP contribution in [0, 0.1) is 0 Å². The minimum atomic E-state index is -4.83. The minimum absolute atomic E-state index is 0.243. The molecule has 0 unspecified atom stereocenters. The van der Waals surface area contributed by atoms with E-state index in [4.69, 9.17) is 21.6 Å². The Balaban J connectivity index is 1.47. The van der Waals surface area contributed by atoms with Crippen molar-refractivity contribution in [2.24, 2.45) is 14.1 Å². The molecule has 1 aliphatic rings. The summed E-state index contributed by atoms with van der Waals surface area (Å²) in [5.74, 6) is 0.608. The molecule has 5 heterocycles. The summed E-state index contributed by atoms with van der Waals surface area (Å²) < 4.78 is 67.2. The van der Waals surface area contributed by atoms with E-state index in [1.165, 1.54) is 17.8 Å². The van der Waals surface area contributed by atoms with Gasteiger partial charge in [-0.2, -0.15) is 17.6 Å². The average molecular weight is 591 g/mol. The van der Waals surface area contributed by atoms with Gasteiger partial charge >= 0.3 is 12.2 Å². The molecule has 0 spiro atoms. The first-order valence-corrected chi connectivity index (χ1v) is 13.3. The fourth-order valence-electron chi connectivity index (χ4n) is 4.38. The SMILES string of the molecule is CCSc1c(-c2nc3cc4c(cc3n2C)OC(F)(F)C(F)(F)O4)nc(-c2cccc(-c3cccc(Cl)n3)n2)n1C. The Morgan fingerprint density at radius 3 is 2.10 bits per heavy atom. The number of hydrogen-bond acceptors (Lipinski definition) is 7. The second-order valence-electron chi connectivity index (χ2n) is 8.85. The van der Waals surface area contributed by atoms with E-state index in [0.29, 0.717) is 45.1 Å². The first kappa shape index (κ1) is 26.4. The smallest absolute Gasteiger partial charge is 0.421 e. The molecule has 14 heteroatoms. The van der Waals surface area contributed by atoms with Gasteiger partial charge in [0.15, 0.2) is 23.1 Å². The fraction of sp³-hybridized carbons (Fsp3) is 0.231. The van der Waals surface area contributed by atoms with Gasteiger partial charge in [-0.15, -0.1) is 11.8 Å². The quantitative estimate of drug-likeness (QED) is 0.126. The van der Waals surface area contributed by atoms with Gasteiger partial charge in [0.1, 0.15) is 21.6 Å². The Bertz CT molecular complexity index is 1790. The Kier molecular flexibility index (Phi) is 6.18.